The van der Waals surface area contributed by atoms with E-state index in [9.17, 15) is 4.79 Å². The van der Waals surface area contributed by atoms with Gasteiger partial charge in [0.25, 0.3) is 0 Å². The van der Waals surface area contributed by atoms with Gasteiger partial charge >= 0.3 is 0 Å². The highest BCUT2D eigenvalue weighted by Gasteiger charge is 2.05. The number of carbonyl (C=O) groups excluding carboxylic acids is 1. The molecule has 0 atom stereocenters. The van der Waals surface area contributed by atoms with E-state index in [1.807, 2.05) is 18.2 Å². The van der Waals surface area contributed by atoms with E-state index in [0.29, 0.717) is 24.6 Å². The minimum absolute atomic E-state index is 0.00391. The molecule has 0 heterocycles. The van der Waals surface area contributed by atoms with Gasteiger partial charge in [-0.15, -0.1) is 11.8 Å². The average molecular weight is 319 g/mol. The first-order valence-corrected chi connectivity index (χ1v) is 6.85. The maximum atomic E-state index is 11.4. The Bertz CT molecular complexity index is 388. The summed E-state index contributed by atoms with van der Waals surface area (Å²) in [6, 6.07) is 5.54. The maximum absolute atomic E-state index is 11.4. The van der Waals surface area contributed by atoms with Crippen molar-refractivity contribution in [3.05, 3.63) is 22.7 Å². The van der Waals surface area contributed by atoms with Crippen LogP contribution in [-0.2, 0) is 9.53 Å². The fourth-order valence-corrected chi connectivity index (χ4v) is 2.61. The van der Waals surface area contributed by atoms with Gasteiger partial charge in [0.05, 0.1) is 12.4 Å². The predicted octanol–water partition coefficient (Wildman–Crippen LogP) is 1.89. The summed E-state index contributed by atoms with van der Waals surface area (Å²) >= 11 is 4.88. The maximum Gasteiger partial charge on any atom is 0.230 e. The molecule has 4 nitrogen and oxygen atoms in total. The number of thioether (sulfide) groups is 1. The van der Waals surface area contributed by atoms with Gasteiger partial charge in [-0.2, -0.15) is 0 Å². The number of hydrogen-bond donors (Lipinski definition) is 2. The van der Waals surface area contributed by atoms with Crippen LogP contribution in [0.4, 0.5) is 5.69 Å². The number of nitrogen functional groups attached to an aromatic ring is 1. The molecule has 17 heavy (non-hydrogen) atoms. The lowest BCUT2D eigenvalue weighted by molar-refractivity contribution is -0.118. The molecule has 0 aliphatic rings. The Hall–Kier alpha value is -0.720. The van der Waals surface area contributed by atoms with E-state index < -0.39 is 0 Å². The SMILES string of the molecule is COCCNC(=O)CSc1ccc(N)cc1Br. The topological polar surface area (TPSA) is 64.3 Å². The zero-order chi connectivity index (χ0) is 12.7. The first-order chi connectivity index (χ1) is 8.13. The van der Waals surface area contributed by atoms with Gasteiger partial charge in [0.1, 0.15) is 0 Å². The van der Waals surface area contributed by atoms with Crippen LogP contribution >= 0.6 is 27.7 Å². The molecule has 0 unspecified atom stereocenters. The third-order valence-electron chi connectivity index (χ3n) is 1.94. The van der Waals surface area contributed by atoms with E-state index in [1.54, 1.807) is 7.11 Å². The predicted molar refractivity (Wildman–Crippen MR) is 74.2 cm³/mol. The molecule has 1 rings (SSSR count). The summed E-state index contributed by atoms with van der Waals surface area (Å²) in [6.07, 6.45) is 0. The zero-order valence-corrected chi connectivity index (χ0v) is 11.9. The molecule has 0 fully saturated rings. The Morgan fingerprint density at radius 3 is 3.00 bits per heavy atom. The van der Waals surface area contributed by atoms with Crippen LogP contribution < -0.4 is 11.1 Å². The Balaban J connectivity index is 2.37. The summed E-state index contributed by atoms with van der Waals surface area (Å²) in [4.78, 5) is 12.4. The molecule has 3 N–H and O–H groups in total. The van der Waals surface area contributed by atoms with Gasteiger partial charge < -0.3 is 15.8 Å². The van der Waals surface area contributed by atoms with Crippen LogP contribution in [0.2, 0.25) is 0 Å². The van der Waals surface area contributed by atoms with Gasteiger partial charge in [0.15, 0.2) is 0 Å². The van der Waals surface area contributed by atoms with Crippen LogP contribution in [0.15, 0.2) is 27.6 Å². The lowest BCUT2D eigenvalue weighted by Crippen LogP contribution is -2.28. The molecule has 0 aliphatic heterocycles. The van der Waals surface area contributed by atoms with Gasteiger partial charge in [-0.05, 0) is 34.1 Å². The second-order valence-corrected chi connectivity index (χ2v) is 5.19. The molecule has 0 aliphatic carbocycles. The third kappa shape index (κ3) is 5.43. The lowest BCUT2D eigenvalue weighted by atomic mass is 10.3. The minimum atomic E-state index is -0.00391. The highest BCUT2D eigenvalue weighted by molar-refractivity contribution is 9.10. The second-order valence-electron chi connectivity index (χ2n) is 3.32. The monoisotopic (exact) mass is 318 g/mol. The van der Waals surface area contributed by atoms with Gasteiger partial charge in [-0.1, -0.05) is 0 Å². The van der Waals surface area contributed by atoms with E-state index >= 15 is 0 Å². The van der Waals surface area contributed by atoms with Crippen LogP contribution in [0.25, 0.3) is 0 Å². The molecular formula is C11H15BrN2O2S. The highest BCUT2D eigenvalue weighted by Crippen LogP contribution is 2.28. The standard InChI is InChI=1S/C11H15BrN2O2S/c1-16-5-4-14-11(15)7-17-10-3-2-8(13)6-9(10)12/h2-3,6H,4-5,7,13H2,1H3,(H,14,15). The average Bonchev–Trinajstić information content (AvgIpc) is 2.28. The van der Waals surface area contributed by atoms with Crippen molar-refractivity contribution in [1.29, 1.82) is 0 Å². The van der Waals surface area contributed by atoms with E-state index in [-0.39, 0.29) is 5.91 Å². The van der Waals surface area contributed by atoms with E-state index in [1.165, 1.54) is 11.8 Å². The molecule has 0 radical (unpaired) electrons. The number of anilines is 1. The number of carbonyl (C=O) groups is 1. The van der Waals surface area contributed by atoms with E-state index in [0.717, 1.165) is 9.37 Å². The summed E-state index contributed by atoms with van der Waals surface area (Å²) in [7, 11) is 1.60. The summed E-state index contributed by atoms with van der Waals surface area (Å²) in [5, 5.41) is 2.76. The quantitative estimate of drug-likeness (QED) is 0.477. The van der Waals surface area contributed by atoms with Crippen LogP contribution in [0, 0.1) is 0 Å². The van der Waals surface area contributed by atoms with Gasteiger partial charge in [-0.25, -0.2) is 0 Å². The Morgan fingerprint density at radius 1 is 1.59 bits per heavy atom. The smallest absolute Gasteiger partial charge is 0.230 e. The number of hydrogen-bond acceptors (Lipinski definition) is 4. The van der Waals surface area contributed by atoms with Crippen molar-refractivity contribution in [2.75, 3.05) is 31.7 Å². The van der Waals surface area contributed by atoms with Crippen molar-refractivity contribution in [3.8, 4) is 0 Å². The van der Waals surface area contributed by atoms with Crippen molar-refractivity contribution in [2.45, 2.75) is 4.90 Å². The number of methoxy groups -OCH3 is 1. The highest BCUT2D eigenvalue weighted by atomic mass is 79.9. The molecule has 6 heteroatoms. The number of rotatable bonds is 6. The molecule has 0 spiro atoms. The van der Waals surface area contributed by atoms with Gasteiger partial charge in [-0.3, -0.25) is 4.79 Å². The number of nitrogens with two attached hydrogens (primary N) is 1. The first kappa shape index (κ1) is 14.3. The Labute approximate surface area is 113 Å². The molecule has 1 aromatic carbocycles. The van der Waals surface area contributed by atoms with Crippen LogP contribution in [0.3, 0.4) is 0 Å². The van der Waals surface area contributed by atoms with Crippen molar-refractivity contribution >= 4 is 39.3 Å². The van der Waals surface area contributed by atoms with Crippen LogP contribution in [0.1, 0.15) is 0 Å². The normalized spacial score (nSPS) is 10.2. The van der Waals surface area contributed by atoms with Crippen molar-refractivity contribution < 1.29 is 9.53 Å². The Morgan fingerprint density at radius 2 is 2.35 bits per heavy atom. The molecule has 0 bridgehead atoms. The number of nitrogens with one attached hydrogen (secondary N) is 1. The minimum Gasteiger partial charge on any atom is -0.399 e. The Kier molecular flexibility index (Phi) is 6.39. The summed E-state index contributed by atoms with van der Waals surface area (Å²) in [5.74, 6) is 0.377. The number of ether oxygens (including phenoxy) is 1. The first-order valence-electron chi connectivity index (χ1n) is 5.07. The van der Waals surface area contributed by atoms with Crippen molar-refractivity contribution in [2.24, 2.45) is 0 Å². The molecule has 0 saturated heterocycles. The molecule has 0 aromatic heterocycles. The lowest BCUT2D eigenvalue weighted by Gasteiger charge is -2.06. The zero-order valence-electron chi connectivity index (χ0n) is 9.53. The van der Waals surface area contributed by atoms with Crippen LogP contribution in [0.5, 0.6) is 0 Å². The molecule has 94 valence electrons. The van der Waals surface area contributed by atoms with Gasteiger partial charge in [0, 0.05) is 28.7 Å². The van der Waals surface area contributed by atoms with Crippen molar-refractivity contribution in [1.82, 2.24) is 5.32 Å². The summed E-state index contributed by atoms with van der Waals surface area (Å²) < 4.78 is 5.75. The number of halogens is 1. The third-order valence-corrected chi connectivity index (χ3v) is 3.94. The summed E-state index contributed by atoms with van der Waals surface area (Å²) in [5.41, 5.74) is 6.33. The molecule has 0 saturated carbocycles. The number of benzene rings is 1. The fourth-order valence-electron chi connectivity index (χ4n) is 1.12. The molecule has 1 amide bonds. The molecular weight excluding hydrogens is 304 g/mol. The van der Waals surface area contributed by atoms with Crippen LogP contribution in [-0.4, -0.2) is 31.9 Å². The second kappa shape index (κ2) is 7.58. The largest absolute Gasteiger partial charge is 0.399 e. The van der Waals surface area contributed by atoms with Crippen molar-refractivity contribution in [3.63, 3.8) is 0 Å². The van der Waals surface area contributed by atoms with E-state index in [2.05, 4.69) is 21.2 Å². The number of amides is 1. The van der Waals surface area contributed by atoms with E-state index in [4.69, 9.17) is 10.5 Å². The fraction of sp³-hybridized carbons (Fsp3) is 0.364. The van der Waals surface area contributed by atoms with Gasteiger partial charge in [0.2, 0.25) is 5.91 Å². The summed E-state index contributed by atoms with van der Waals surface area (Å²) in [6.45, 7) is 1.07. The molecule has 1 aromatic rings.